The van der Waals surface area contributed by atoms with E-state index in [1.165, 1.54) is 25.7 Å². The fourth-order valence-corrected chi connectivity index (χ4v) is 3.12. The standard InChI is InChI=1S/C16H21N5O/c1-12-10-14(7-8-15(12)21-11-17-19-20-21)18-16(22)9-6-13-4-2-3-5-13/h7-8,10-11,13H,2-6,9H2,1H3,(H,18,22). The number of carbonyl (C=O) groups excluding carboxylic acids is 1. The molecule has 6 nitrogen and oxygen atoms in total. The van der Waals surface area contributed by atoms with Crippen LogP contribution in [0.5, 0.6) is 0 Å². The number of anilines is 1. The van der Waals surface area contributed by atoms with Crippen molar-refractivity contribution in [3.8, 4) is 5.69 Å². The molecular weight excluding hydrogens is 278 g/mol. The Balaban J connectivity index is 1.58. The third kappa shape index (κ3) is 3.50. The molecule has 1 aromatic carbocycles. The number of aromatic nitrogens is 4. The molecule has 2 aromatic rings. The number of benzene rings is 1. The smallest absolute Gasteiger partial charge is 0.224 e. The van der Waals surface area contributed by atoms with E-state index in [0.717, 1.165) is 29.3 Å². The van der Waals surface area contributed by atoms with Crippen molar-refractivity contribution < 1.29 is 4.79 Å². The van der Waals surface area contributed by atoms with E-state index < -0.39 is 0 Å². The molecule has 3 rings (SSSR count). The lowest BCUT2D eigenvalue weighted by atomic mass is 10.0. The number of nitrogens with one attached hydrogen (secondary N) is 1. The highest BCUT2D eigenvalue weighted by Crippen LogP contribution is 2.28. The van der Waals surface area contributed by atoms with Crippen LogP contribution < -0.4 is 5.32 Å². The molecule has 0 saturated heterocycles. The summed E-state index contributed by atoms with van der Waals surface area (Å²) in [6, 6.07) is 5.75. The van der Waals surface area contributed by atoms with Gasteiger partial charge in [-0.15, -0.1) is 5.10 Å². The predicted octanol–water partition coefficient (Wildman–Crippen LogP) is 2.88. The van der Waals surface area contributed by atoms with E-state index in [1.54, 1.807) is 11.0 Å². The summed E-state index contributed by atoms with van der Waals surface area (Å²) in [7, 11) is 0. The number of tetrazole rings is 1. The highest BCUT2D eigenvalue weighted by Gasteiger charge is 2.16. The van der Waals surface area contributed by atoms with Crippen molar-refractivity contribution in [3.63, 3.8) is 0 Å². The molecule has 1 amide bonds. The molecule has 1 fully saturated rings. The number of hydrogen-bond donors (Lipinski definition) is 1. The maximum absolute atomic E-state index is 12.0. The number of hydrogen-bond acceptors (Lipinski definition) is 4. The lowest BCUT2D eigenvalue weighted by Gasteiger charge is -2.11. The Hall–Kier alpha value is -2.24. The minimum Gasteiger partial charge on any atom is -0.326 e. The highest BCUT2D eigenvalue weighted by molar-refractivity contribution is 5.90. The van der Waals surface area contributed by atoms with Crippen LogP contribution >= 0.6 is 0 Å². The Morgan fingerprint density at radius 2 is 2.18 bits per heavy atom. The second kappa shape index (κ2) is 6.68. The molecule has 0 spiro atoms. The zero-order valence-corrected chi connectivity index (χ0v) is 12.8. The monoisotopic (exact) mass is 299 g/mol. The molecule has 0 bridgehead atoms. The van der Waals surface area contributed by atoms with E-state index in [0.29, 0.717) is 6.42 Å². The first-order valence-corrected chi connectivity index (χ1v) is 7.86. The van der Waals surface area contributed by atoms with Gasteiger partial charge in [-0.05, 0) is 53.5 Å². The fraction of sp³-hybridized carbons (Fsp3) is 0.500. The lowest BCUT2D eigenvalue weighted by Crippen LogP contribution is -2.13. The van der Waals surface area contributed by atoms with Crippen LogP contribution in [-0.4, -0.2) is 26.1 Å². The third-order valence-corrected chi connectivity index (χ3v) is 4.33. The Kier molecular flexibility index (Phi) is 4.46. The Labute approximate surface area is 129 Å². The van der Waals surface area contributed by atoms with Crippen LogP contribution in [0, 0.1) is 12.8 Å². The second-order valence-electron chi connectivity index (χ2n) is 5.99. The molecule has 0 atom stereocenters. The van der Waals surface area contributed by atoms with Gasteiger partial charge in [0.2, 0.25) is 5.91 Å². The molecule has 116 valence electrons. The van der Waals surface area contributed by atoms with Gasteiger partial charge in [-0.3, -0.25) is 4.79 Å². The van der Waals surface area contributed by atoms with Crippen molar-refractivity contribution in [1.82, 2.24) is 20.2 Å². The van der Waals surface area contributed by atoms with Gasteiger partial charge in [-0.2, -0.15) is 0 Å². The van der Waals surface area contributed by atoms with E-state index in [-0.39, 0.29) is 5.91 Å². The van der Waals surface area contributed by atoms with E-state index in [1.807, 2.05) is 25.1 Å². The molecule has 6 heteroatoms. The topological polar surface area (TPSA) is 72.7 Å². The van der Waals surface area contributed by atoms with Gasteiger partial charge in [0.25, 0.3) is 0 Å². The molecule has 1 aromatic heterocycles. The van der Waals surface area contributed by atoms with Crippen molar-refractivity contribution in [3.05, 3.63) is 30.1 Å². The van der Waals surface area contributed by atoms with E-state index >= 15 is 0 Å². The van der Waals surface area contributed by atoms with Gasteiger partial charge < -0.3 is 5.32 Å². The first kappa shape index (κ1) is 14.7. The average Bonchev–Trinajstić information content (AvgIpc) is 3.19. The van der Waals surface area contributed by atoms with Crippen LogP contribution in [-0.2, 0) is 4.79 Å². The van der Waals surface area contributed by atoms with Crippen LogP contribution in [0.3, 0.4) is 0 Å². The van der Waals surface area contributed by atoms with Crippen LogP contribution in [0.25, 0.3) is 5.69 Å². The summed E-state index contributed by atoms with van der Waals surface area (Å²) in [6.07, 6.45) is 8.39. The summed E-state index contributed by atoms with van der Waals surface area (Å²) in [5.74, 6) is 0.844. The largest absolute Gasteiger partial charge is 0.326 e. The van der Waals surface area contributed by atoms with Gasteiger partial charge in [0.1, 0.15) is 6.33 Å². The second-order valence-corrected chi connectivity index (χ2v) is 5.99. The van der Waals surface area contributed by atoms with Gasteiger partial charge in [0.15, 0.2) is 0 Å². The van der Waals surface area contributed by atoms with Gasteiger partial charge in [-0.25, -0.2) is 4.68 Å². The van der Waals surface area contributed by atoms with Crippen molar-refractivity contribution in [2.75, 3.05) is 5.32 Å². The number of carbonyl (C=O) groups is 1. The molecule has 22 heavy (non-hydrogen) atoms. The SMILES string of the molecule is Cc1cc(NC(=O)CCC2CCCC2)ccc1-n1cnnn1. The predicted molar refractivity (Wildman–Crippen MR) is 83.7 cm³/mol. The molecule has 1 N–H and O–H groups in total. The minimum absolute atomic E-state index is 0.0986. The Morgan fingerprint density at radius 3 is 2.86 bits per heavy atom. The van der Waals surface area contributed by atoms with Gasteiger partial charge in [-0.1, -0.05) is 25.7 Å². The summed E-state index contributed by atoms with van der Waals surface area (Å²) in [5, 5.41) is 14.1. The summed E-state index contributed by atoms with van der Waals surface area (Å²) < 4.78 is 1.61. The molecule has 0 unspecified atom stereocenters. The van der Waals surface area contributed by atoms with Crippen LogP contribution in [0.15, 0.2) is 24.5 Å². The maximum atomic E-state index is 12.0. The van der Waals surface area contributed by atoms with Gasteiger partial charge in [0.05, 0.1) is 5.69 Å². The van der Waals surface area contributed by atoms with Crippen LogP contribution in [0.2, 0.25) is 0 Å². The minimum atomic E-state index is 0.0986. The van der Waals surface area contributed by atoms with Gasteiger partial charge in [0, 0.05) is 12.1 Å². The quantitative estimate of drug-likeness (QED) is 0.921. The van der Waals surface area contributed by atoms with E-state index in [4.69, 9.17) is 0 Å². The van der Waals surface area contributed by atoms with Crippen molar-refractivity contribution in [2.45, 2.75) is 45.4 Å². The zero-order valence-electron chi connectivity index (χ0n) is 12.8. The zero-order chi connectivity index (χ0) is 15.4. The lowest BCUT2D eigenvalue weighted by molar-refractivity contribution is -0.116. The third-order valence-electron chi connectivity index (χ3n) is 4.33. The Morgan fingerprint density at radius 1 is 1.36 bits per heavy atom. The maximum Gasteiger partial charge on any atom is 0.224 e. The van der Waals surface area contributed by atoms with Gasteiger partial charge >= 0.3 is 0 Å². The summed E-state index contributed by atoms with van der Waals surface area (Å²) in [6.45, 7) is 1.98. The summed E-state index contributed by atoms with van der Waals surface area (Å²) in [4.78, 5) is 12.0. The Bertz CT molecular complexity index is 632. The molecule has 1 saturated carbocycles. The van der Waals surface area contributed by atoms with Crippen LogP contribution in [0.1, 0.15) is 44.1 Å². The normalized spacial score (nSPS) is 15.1. The average molecular weight is 299 g/mol. The highest BCUT2D eigenvalue weighted by atomic mass is 16.1. The first-order chi connectivity index (χ1) is 10.7. The summed E-state index contributed by atoms with van der Waals surface area (Å²) in [5.41, 5.74) is 2.75. The van der Waals surface area contributed by atoms with E-state index in [9.17, 15) is 4.79 Å². The molecule has 1 heterocycles. The van der Waals surface area contributed by atoms with E-state index in [2.05, 4.69) is 20.8 Å². The molecular formula is C16H21N5O. The number of amides is 1. The van der Waals surface area contributed by atoms with Crippen molar-refractivity contribution in [1.29, 1.82) is 0 Å². The molecule has 1 aliphatic rings. The molecule has 1 aliphatic carbocycles. The van der Waals surface area contributed by atoms with Crippen LogP contribution in [0.4, 0.5) is 5.69 Å². The number of nitrogens with zero attached hydrogens (tertiary/aromatic N) is 4. The number of rotatable bonds is 5. The number of aryl methyl sites for hydroxylation is 1. The molecule has 0 aliphatic heterocycles. The fourth-order valence-electron chi connectivity index (χ4n) is 3.12. The summed E-state index contributed by atoms with van der Waals surface area (Å²) >= 11 is 0. The first-order valence-electron chi connectivity index (χ1n) is 7.86. The molecule has 0 radical (unpaired) electrons. The van der Waals surface area contributed by atoms with Crippen molar-refractivity contribution in [2.24, 2.45) is 5.92 Å². The van der Waals surface area contributed by atoms with Crippen molar-refractivity contribution >= 4 is 11.6 Å².